The van der Waals surface area contributed by atoms with Crippen LogP contribution < -0.4 is 4.90 Å². The normalized spacial score (nSPS) is 9.82. The lowest BCUT2D eigenvalue weighted by Crippen LogP contribution is -2.37. The van der Waals surface area contributed by atoms with Crippen LogP contribution in [0.3, 0.4) is 0 Å². The highest BCUT2D eigenvalue weighted by atomic mass is 19.1. The van der Waals surface area contributed by atoms with Crippen molar-refractivity contribution in [2.75, 3.05) is 18.1 Å². The number of rotatable bonds is 3. The number of benzene rings is 1. The van der Waals surface area contributed by atoms with Gasteiger partial charge in [-0.15, -0.1) is 0 Å². The molecule has 0 heterocycles. The van der Waals surface area contributed by atoms with Crippen LogP contribution in [0.1, 0.15) is 13.8 Å². The van der Waals surface area contributed by atoms with E-state index < -0.39 is 17.7 Å². The Kier molecular flexibility index (Phi) is 4.63. The largest absolute Gasteiger partial charge is 0.459 e. The van der Waals surface area contributed by atoms with Crippen molar-refractivity contribution in [2.45, 2.75) is 13.8 Å². The Morgan fingerprint density at radius 1 is 1.35 bits per heavy atom. The fourth-order valence-corrected chi connectivity index (χ4v) is 1.39. The van der Waals surface area contributed by atoms with E-state index in [9.17, 15) is 14.0 Å². The number of carbonyl (C=O) groups is 2. The van der Waals surface area contributed by atoms with E-state index in [1.165, 1.54) is 23.1 Å². The molecule has 1 aromatic rings. The molecule has 0 saturated heterocycles. The van der Waals surface area contributed by atoms with Crippen LogP contribution in [-0.4, -0.2) is 25.0 Å². The average Bonchev–Trinajstić information content (AvgIpc) is 2.30. The van der Waals surface area contributed by atoms with Crippen LogP contribution >= 0.6 is 0 Å². The third-order valence-electron chi connectivity index (χ3n) is 2.13. The summed E-state index contributed by atoms with van der Waals surface area (Å²) in [4.78, 5) is 24.2. The van der Waals surface area contributed by atoms with Gasteiger partial charge in [-0.2, -0.15) is 0 Å². The van der Waals surface area contributed by atoms with Gasteiger partial charge < -0.3 is 9.64 Å². The van der Waals surface area contributed by atoms with E-state index in [1.54, 1.807) is 19.9 Å². The monoisotopic (exact) mass is 239 g/mol. The molecule has 1 rings (SSSR count). The number of hydrogen-bond donors (Lipinski definition) is 0. The van der Waals surface area contributed by atoms with E-state index in [-0.39, 0.29) is 13.2 Å². The summed E-state index contributed by atoms with van der Waals surface area (Å²) in [6, 6.07) is 5.50. The van der Waals surface area contributed by atoms with Gasteiger partial charge in [-0.1, -0.05) is 6.07 Å². The predicted octanol–water partition coefficient (Wildman–Crippen LogP) is 1.74. The van der Waals surface area contributed by atoms with Crippen LogP contribution in [0.4, 0.5) is 10.1 Å². The van der Waals surface area contributed by atoms with Crippen molar-refractivity contribution in [1.82, 2.24) is 0 Å². The number of nitrogens with zero attached hydrogens (tertiary/aromatic N) is 1. The van der Waals surface area contributed by atoms with Crippen molar-refractivity contribution in [3.8, 4) is 0 Å². The zero-order valence-electron chi connectivity index (χ0n) is 9.77. The summed E-state index contributed by atoms with van der Waals surface area (Å²) in [5.74, 6) is -2.18. The van der Waals surface area contributed by atoms with E-state index in [0.29, 0.717) is 5.69 Å². The van der Waals surface area contributed by atoms with E-state index in [2.05, 4.69) is 4.74 Å². The Labute approximate surface area is 99.0 Å². The number of ether oxygens (including phenoxy) is 1. The third-order valence-corrected chi connectivity index (χ3v) is 2.13. The molecule has 0 aliphatic heterocycles. The van der Waals surface area contributed by atoms with Crippen molar-refractivity contribution in [3.05, 3.63) is 30.1 Å². The van der Waals surface area contributed by atoms with E-state index in [1.807, 2.05) is 0 Å². The van der Waals surface area contributed by atoms with Crippen LogP contribution in [0, 0.1) is 5.82 Å². The van der Waals surface area contributed by atoms with Crippen LogP contribution in [0.25, 0.3) is 0 Å². The first-order valence-corrected chi connectivity index (χ1v) is 5.34. The highest BCUT2D eigenvalue weighted by Crippen LogP contribution is 2.15. The van der Waals surface area contributed by atoms with Gasteiger partial charge in [0, 0.05) is 12.2 Å². The molecule has 5 heteroatoms. The maximum atomic E-state index is 13.0. The van der Waals surface area contributed by atoms with Crippen LogP contribution in [0.15, 0.2) is 24.3 Å². The highest BCUT2D eigenvalue weighted by Gasteiger charge is 2.23. The number of halogens is 1. The smallest absolute Gasteiger partial charge is 0.397 e. The number of esters is 1. The molecule has 0 aliphatic carbocycles. The lowest BCUT2D eigenvalue weighted by molar-refractivity contribution is -0.153. The highest BCUT2D eigenvalue weighted by molar-refractivity contribution is 6.38. The summed E-state index contributed by atoms with van der Waals surface area (Å²) in [7, 11) is 0. The van der Waals surface area contributed by atoms with Crippen LogP contribution in [0.5, 0.6) is 0 Å². The summed E-state index contributed by atoms with van der Waals surface area (Å²) in [5.41, 5.74) is 0.338. The Morgan fingerprint density at radius 2 is 2.06 bits per heavy atom. The van der Waals surface area contributed by atoms with E-state index >= 15 is 0 Å². The minimum atomic E-state index is -0.932. The van der Waals surface area contributed by atoms with Crippen molar-refractivity contribution >= 4 is 17.6 Å². The predicted molar refractivity (Wildman–Crippen MR) is 61.1 cm³/mol. The Morgan fingerprint density at radius 3 is 2.59 bits per heavy atom. The number of hydrogen-bond acceptors (Lipinski definition) is 3. The third kappa shape index (κ3) is 3.27. The summed E-state index contributed by atoms with van der Waals surface area (Å²) in [5, 5.41) is 0. The number of amides is 1. The molecule has 4 nitrogen and oxygen atoms in total. The molecule has 92 valence electrons. The van der Waals surface area contributed by atoms with Gasteiger partial charge in [0.05, 0.1) is 6.61 Å². The summed E-state index contributed by atoms with van der Waals surface area (Å²) < 4.78 is 17.6. The van der Waals surface area contributed by atoms with Gasteiger partial charge in [0.25, 0.3) is 0 Å². The van der Waals surface area contributed by atoms with E-state index in [4.69, 9.17) is 0 Å². The lowest BCUT2D eigenvalue weighted by Gasteiger charge is -2.19. The second kappa shape index (κ2) is 5.98. The molecule has 0 fully saturated rings. The van der Waals surface area contributed by atoms with Crippen molar-refractivity contribution in [2.24, 2.45) is 0 Å². The number of carbonyl (C=O) groups excluding carboxylic acids is 2. The van der Waals surface area contributed by atoms with Crippen molar-refractivity contribution < 1.29 is 18.7 Å². The van der Waals surface area contributed by atoms with Gasteiger partial charge in [0.1, 0.15) is 5.82 Å². The van der Waals surface area contributed by atoms with E-state index in [0.717, 1.165) is 0 Å². The first-order valence-electron chi connectivity index (χ1n) is 5.34. The molecule has 0 aromatic heterocycles. The first kappa shape index (κ1) is 13.2. The molecule has 0 unspecified atom stereocenters. The van der Waals surface area contributed by atoms with Gasteiger partial charge >= 0.3 is 11.9 Å². The fraction of sp³-hybridized carbons (Fsp3) is 0.333. The van der Waals surface area contributed by atoms with Gasteiger partial charge in [-0.3, -0.25) is 4.79 Å². The Balaban J connectivity index is 2.92. The zero-order valence-corrected chi connectivity index (χ0v) is 9.77. The second-order valence-electron chi connectivity index (χ2n) is 3.25. The molecule has 0 spiro atoms. The molecule has 0 atom stereocenters. The average molecular weight is 239 g/mol. The molecule has 0 saturated carbocycles. The lowest BCUT2D eigenvalue weighted by atomic mass is 10.2. The van der Waals surface area contributed by atoms with Crippen LogP contribution in [0.2, 0.25) is 0 Å². The first-order chi connectivity index (χ1) is 8.10. The number of anilines is 1. The maximum absolute atomic E-state index is 13.0. The molecule has 0 bridgehead atoms. The molecule has 0 radical (unpaired) electrons. The Hall–Kier alpha value is -1.91. The minimum Gasteiger partial charge on any atom is -0.459 e. The molecule has 1 aromatic carbocycles. The molecule has 0 N–H and O–H groups in total. The second-order valence-corrected chi connectivity index (χ2v) is 3.25. The van der Waals surface area contributed by atoms with Gasteiger partial charge in [0.15, 0.2) is 0 Å². The standard InChI is InChI=1S/C12H14FNO3/c1-3-14(11(15)12(16)17-4-2)10-7-5-6-9(13)8-10/h5-8H,3-4H2,1-2H3. The Bertz CT molecular complexity index is 420. The summed E-state index contributed by atoms with van der Waals surface area (Å²) >= 11 is 0. The van der Waals surface area contributed by atoms with Crippen LogP contribution in [-0.2, 0) is 14.3 Å². The molecule has 0 aliphatic rings. The van der Waals surface area contributed by atoms with Gasteiger partial charge in [0.2, 0.25) is 0 Å². The summed E-state index contributed by atoms with van der Waals surface area (Å²) in [6.07, 6.45) is 0. The SMILES string of the molecule is CCOC(=O)C(=O)N(CC)c1cccc(F)c1. The molecular formula is C12H14FNO3. The van der Waals surface area contributed by atoms with Gasteiger partial charge in [-0.05, 0) is 32.0 Å². The van der Waals surface area contributed by atoms with Gasteiger partial charge in [-0.25, -0.2) is 9.18 Å². The fourth-order valence-electron chi connectivity index (χ4n) is 1.39. The minimum absolute atomic E-state index is 0.130. The van der Waals surface area contributed by atoms with Crippen molar-refractivity contribution in [1.29, 1.82) is 0 Å². The number of likely N-dealkylation sites (N-methyl/N-ethyl adjacent to an activating group) is 1. The maximum Gasteiger partial charge on any atom is 0.397 e. The molecule has 1 amide bonds. The zero-order chi connectivity index (χ0) is 12.8. The quantitative estimate of drug-likeness (QED) is 0.596. The van der Waals surface area contributed by atoms with Crippen molar-refractivity contribution in [3.63, 3.8) is 0 Å². The molecule has 17 heavy (non-hydrogen) atoms. The topological polar surface area (TPSA) is 46.6 Å². The summed E-state index contributed by atoms with van der Waals surface area (Å²) in [6.45, 7) is 3.71. The molecular weight excluding hydrogens is 225 g/mol.